The third-order valence-corrected chi connectivity index (χ3v) is 4.26. The molecule has 0 unspecified atom stereocenters. The Morgan fingerprint density at radius 2 is 1.60 bits per heavy atom. The highest BCUT2D eigenvalue weighted by Gasteiger charge is 2.19. The van der Waals surface area contributed by atoms with Crippen molar-refractivity contribution in [2.75, 3.05) is 6.61 Å². The number of hydrogen-bond acceptors (Lipinski definition) is 5. The fourth-order valence-electron chi connectivity index (χ4n) is 2.75. The number of halogens is 2. The van der Waals surface area contributed by atoms with Crippen molar-refractivity contribution in [3.63, 3.8) is 0 Å². The molecule has 0 amide bonds. The molecular weight excluding hydrogens is 394 g/mol. The summed E-state index contributed by atoms with van der Waals surface area (Å²) >= 11 is 0. The Labute approximate surface area is 171 Å². The van der Waals surface area contributed by atoms with E-state index in [2.05, 4.69) is 0 Å². The second-order valence-electron chi connectivity index (χ2n) is 6.35. The number of esters is 1. The molecule has 0 saturated carbocycles. The minimum absolute atomic E-state index is 0.0901. The Hall–Kier alpha value is -3.74. The van der Waals surface area contributed by atoms with Crippen LogP contribution in [-0.2, 0) is 6.42 Å². The molecule has 0 saturated heterocycles. The zero-order valence-corrected chi connectivity index (χ0v) is 16.0. The van der Waals surface area contributed by atoms with Crippen LogP contribution in [0.2, 0.25) is 0 Å². The summed E-state index contributed by atoms with van der Waals surface area (Å²) in [5.74, 6) is -3.20. The quantitative estimate of drug-likeness (QED) is 0.346. The molecule has 5 nitrogen and oxygen atoms in total. The predicted molar refractivity (Wildman–Crippen MR) is 105 cm³/mol. The van der Waals surface area contributed by atoms with E-state index < -0.39 is 29.1 Å². The van der Waals surface area contributed by atoms with Crippen LogP contribution >= 0.6 is 0 Å². The number of carbonyl (C=O) groups is 2. The number of rotatable bonds is 7. The fraction of sp³-hybridized carbons (Fsp3) is 0.130. The van der Waals surface area contributed by atoms with Crippen LogP contribution in [0.5, 0.6) is 17.2 Å². The second-order valence-corrected chi connectivity index (χ2v) is 6.35. The number of phenols is 1. The van der Waals surface area contributed by atoms with E-state index in [1.165, 1.54) is 36.4 Å². The van der Waals surface area contributed by atoms with Gasteiger partial charge in [0, 0.05) is 6.42 Å². The minimum atomic E-state index is -0.981. The molecule has 30 heavy (non-hydrogen) atoms. The summed E-state index contributed by atoms with van der Waals surface area (Å²) in [6.07, 6.45) is -0.0901. The van der Waals surface area contributed by atoms with Gasteiger partial charge in [-0.25, -0.2) is 9.18 Å². The van der Waals surface area contributed by atoms with Gasteiger partial charge >= 0.3 is 5.97 Å². The van der Waals surface area contributed by atoms with Gasteiger partial charge < -0.3 is 14.6 Å². The van der Waals surface area contributed by atoms with Gasteiger partial charge in [-0.1, -0.05) is 12.1 Å². The first-order chi connectivity index (χ1) is 14.4. The Balaban J connectivity index is 1.67. The number of ether oxygens (including phenoxy) is 2. The van der Waals surface area contributed by atoms with Gasteiger partial charge in [-0.05, 0) is 61.0 Å². The first-order valence-corrected chi connectivity index (χ1v) is 9.13. The van der Waals surface area contributed by atoms with Gasteiger partial charge in [0.2, 0.25) is 5.82 Å². The fourth-order valence-corrected chi connectivity index (χ4v) is 2.75. The number of phenolic OH excluding ortho intramolecular Hbond substituents is 1. The molecule has 0 aliphatic rings. The summed E-state index contributed by atoms with van der Waals surface area (Å²) in [7, 11) is 0. The molecule has 7 heteroatoms. The Kier molecular flexibility index (Phi) is 6.41. The lowest BCUT2D eigenvalue weighted by atomic mass is 10.0. The van der Waals surface area contributed by atoms with Crippen LogP contribution in [0.25, 0.3) is 0 Å². The van der Waals surface area contributed by atoms with Crippen molar-refractivity contribution in [2.24, 2.45) is 0 Å². The van der Waals surface area contributed by atoms with Crippen LogP contribution in [0.3, 0.4) is 0 Å². The van der Waals surface area contributed by atoms with E-state index in [0.717, 1.165) is 12.1 Å². The number of Topliss-reactive ketones (excluding diaryl/α,β-unsaturated/α-hetero) is 1. The average molecular weight is 412 g/mol. The molecule has 0 aliphatic heterocycles. The number of hydrogen-bond donors (Lipinski definition) is 1. The van der Waals surface area contributed by atoms with Crippen LogP contribution in [0.1, 0.15) is 33.2 Å². The SMILES string of the molecule is CCOc1ccc(C(=O)Cc2ccc(OC(=O)c3ccc(F)cc3)cc2)c(O)c1F. The molecule has 3 rings (SSSR count). The lowest BCUT2D eigenvalue weighted by Crippen LogP contribution is -2.09. The number of aromatic hydroxyl groups is 1. The second kappa shape index (κ2) is 9.17. The average Bonchev–Trinajstić information content (AvgIpc) is 2.73. The highest BCUT2D eigenvalue weighted by Crippen LogP contribution is 2.30. The van der Waals surface area contributed by atoms with Crippen LogP contribution in [0.15, 0.2) is 60.7 Å². The van der Waals surface area contributed by atoms with Crippen LogP contribution in [-0.4, -0.2) is 23.5 Å². The topological polar surface area (TPSA) is 72.8 Å². The lowest BCUT2D eigenvalue weighted by molar-refractivity contribution is 0.0734. The molecule has 0 heterocycles. The van der Waals surface area contributed by atoms with Crippen molar-refractivity contribution >= 4 is 11.8 Å². The van der Waals surface area contributed by atoms with Crippen molar-refractivity contribution in [2.45, 2.75) is 13.3 Å². The summed E-state index contributed by atoms with van der Waals surface area (Å²) in [6, 6.07) is 13.7. The molecule has 0 aromatic heterocycles. The third-order valence-electron chi connectivity index (χ3n) is 4.26. The van der Waals surface area contributed by atoms with Gasteiger partial charge in [-0.15, -0.1) is 0 Å². The molecule has 0 fully saturated rings. The molecular formula is C23H18F2O5. The van der Waals surface area contributed by atoms with Gasteiger partial charge in [0.25, 0.3) is 0 Å². The summed E-state index contributed by atoms with van der Waals surface area (Å²) in [5.41, 5.74) is 0.627. The molecule has 0 atom stereocenters. The summed E-state index contributed by atoms with van der Waals surface area (Å²) in [6.45, 7) is 1.90. The highest BCUT2D eigenvalue weighted by atomic mass is 19.1. The minimum Gasteiger partial charge on any atom is -0.504 e. The zero-order chi connectivity index (χ0) is 21.7. The molecule has 0 spiro atoms. The van der Waals surface area contributed by atoms with E-state index in [9.17, 15) is 23.5 Å². The summed E-state index contributed by atoms with van der Waals surface area (Å²) in [5, 5.41) is 9.97. The molecule has 154 valence electrons. The van der Waals surface area contributed by atoms with Gasteiger partial charge in [-0.2, -0.15) is 4.39 Å². The monoisotopic (exact) mass is 412 g/mol. The first kappa shape index (κ1) is 21.0. The summed E-state index contributed by atoms with van der Waals surface area (Å²) in [4.78, 5) is 24.5. The van der Waals surface area contributed by atoms with Crippen molar-refractivity contribution in [3.8, 4) is 17.2 Å². The van der Waals surface area contributed by atoms with E-state index in [1.807, 2.05) is 0 Å². The van der Waals surface area contributed by atoms with Crippen molar-refractivity contribution in [1.82, 2.24) is 0 Å². The van der Waals surface area contributed by atoms with E-state index in [1.54, 1.807) is 19.1 Å². The first-order valence-electron chi connectivity index (χ1n) is 9.13. The lowest BCUT2D eigenvalue weighted by Gasteiger charge is -2.10. The molecule has 1 N–H and O–H groups in total. The largest absolute Gasteiger partial charge is 0.504 e. The van der Waals surface area contributed by atoms with E-state index >= 15 is 0 Å². The Morgan fingerprint density at radius 3 is 2.23 bits per heavy atom. The van der Waals surface area contributed by atoms with E-state index in [0.29, 0.717) is 5.56 Å². The Bertz CT molecular complexity index is 1060. The van der Waals surface area contributed by atoms with Gasteiger partial charge in [0.05, 0.1) is 17.7 Å². The smallest absolute Gasteiger partial charge is 0.343 e. The third kappa shape index (κ3) is 4.81. The van der Waals surface area contributed by atoms with Crippen LogP contribution < -0.4 is 9.47 Å². The zero-order valence-electron chi connectivity index (χ0n) is 16.0. The van der Waals surface area contributed by atoms with Crippen molar-refractivity contribution in [1.29, 1.82) is 0 Å². The van der Waals surface area contributed by atoms with Gasteiger partial charge in [-0.3, -0.25) is 4.79 Å². The highest BCUT2D eigenvalue weighted by molar-refractivity contribution is 6.00. The van der Waals surface area contributed by atoms with Crippen LogP contribution in [0.4, 0.5) is 8.78 Å². The molecule has 3 aromatic rings. The summed E-state index contributed by atoms with van der Waals surface area (Å²) < 4.78 is 37.3. The van der Waals surface area contributed by atoms with Gasteiger partial charge in [0.1, 0.15) is 11.6 Å². The number of carbonyl (C=O) groups excluding carboxylic acids is 2. The normalized spacial score (nSPS) is 10.5. The van der Waals surface area contributed by atoms with Crippen molar-refractivity contribution in [3.05, 3.63) is 89.0 Å². The van der Waals surface area contributed by atoms with E-state index in [4.69, 9.17) is 9.47 Å². The maximum absolute atomic E-state index is 14.1. The molecule has 3 aromatic carbocycles. The Morgan fingerprint density at radius 1 is 0.933 bits per heavy atom. The molecule has 0 aliphatic carbocycles. The standard InChI is InChI=1S/C23H18F2O5/c1-2-29-20-12-11-18(22(27)21(20)25)19(26)13-14-3-9-17(10-4-14)30-23(28)15-5-7-16(24)8-6-15/h3-12,27H,2,13H2,1H3. The number of ketones is 1. The molecule has 0 radical (unpaired) electrons. The van der Waals surface area contributed by atoms with E-state index in [-0.39, 0.29) is 35.7 Å². The van der Waals surface area contributed by atoms with Crippen LogP contribution in [0, 0.1) is 11.6 Å². The molecule has 0 bridgehead atoms. The predicted octanol–water partition coefficient (Wildman–Crippen LogP) is 4.71. The number of benzene rings is 3. The van der Waals surface area contributed by atoms with Gasteiger partial charge in [0.15, 0.2) is 17.3 Å². The maximum Gasteiger partial charge on any atom is 0.343 e. The maximum atomic E-state index is 14.1. The van der Waals surface area contributed by atoms with Crippen molar-refractivity contribution < 1.29 is 33.0 Å².